The van der Waals surface area contributed by atoms with Crippen LogP contribution in [0.15, 0.2) is 24.3 Å². The number of aliphatic hydroxyl groups is 1. The normalized spacial score (nSPS) is 20.2. The molecule has 2 N–H and O–H groups in total. The molecule has 10 nitrogen and oxygen atoms in total. The molecule has 11 heteroatoms. The van der Waals surface area contributed by atoms with Crippen molar-refractivity contribution in [2.75, 3.05) is 46.2 Å². The minimum Gasteiger partial charge on any atom is -0.454 e. The number of ether oxygens (including phenoxy) is 3. The average molecular weight is 559 g/mol. The molecule has 5 rings (SSSR count). The summed E-state index contributed by atoms with van der Waals surface area (Å²) in [6.07, 6.45) is 1.11. The van der Waals surface area contributed by atoms with Crippen molar-refractivity contribution in [3.63, 3.8) is 0 Å². The number of amides is 1. The number of hydrogen-bond donors (Lipinski definition) is 2. The van der Waals surface area contributed by atoms with Crippen molar-refractivity contribution >= 4 is 16.9 Å². The number of nitrogens with zero attached hydrogens (tertiary/aromatic N) is 3. The Hall–Kier alpha value is -2.57. The SMILES string of the molecule is CC(C)(C)[S@@](=O)N1Cc2cc(C(=O)NCc3ccc4c(c3)OCO4)nc(CCN3CCOCC3)c2[C@H]1CCO. The van der Waals surface area contributed by atoms with Crippen LogP contribution in [0.25, 0.3) is 0 Å². The third-order valence-corrected chi connectivity index (χ3v) is 9.12. The van der Waals surface area contributed by atoms with Crippen molar-refractivity contribution < 1.29 is 28.3 Å². The van der Waals surface area contributed by atoms with Gasteiger partial charge in [-0.05, 0) is 62.1 Å². The summed E-state index contributed by atoms with van der Waals surface area (Å²) < 4.78 is 31.3. The molecule has 1 aromatic carbocycles. The summed E-state index contributed by atoms with van der Waals surface area (Å²) in [5.41, 5.74) is 4.03. The number of carbonyl (C=O) groups excluding carboxylic acids is 1. The van der Waals surface area contributed by atoms with Crippen molar-refractivity contribution in [3.05, 3.63) is 52.3 Å². The highest BCUT2D eigenvalue weighted by Gasteiger charge is 2.40. The quantitative estimate of drug-likeness (QED) is 0.482. The Bertz CT molecular complexity index is 1230. The molecular formula is C28H38N4O6S. The second kappa shape index (κ2) is 11.9. The first-order chi connectivity index (χ1) is 18.7. The van der Waals surface area contributed by atoms with Crippen LogP contribution in [0.5, 0.6) is 11.5 Å². The van der Waals surface area contributed by atoms with Crippen LogP contribution >= 0.6 is 0 Å². The van der Waals surface area contributed by atoms with Gasteiger partial charge in [-0.25, -0.2) is 13.5 Å². The number of nitrogens with one attached hydrogen (secondary N) is 1. The van der Waals surface area contributed by atoms with Gasteiger partial charge < -0.3 is 24.6 Å². The fraction of sp³-hybridized carbons (Fsp3) is 0.571. The van der Waals surface area contributed by atoms with Crippen molar-refractivity contribution in [2.45, 2.75) is 57.5 Å². The standard InChI is InChI=1S/C28H38N4O6S/c1-28(2,3)39(35)32-17-20-15-22(27(34)29-16-19-4-5-24-25(14-19)38-18-37-24)30-21(26(20)23(32)7-11-33)6-8-31-9-12-36-13-10-31/h4-5,14-15,23,33H,6-13,16-18H2,1-3H3,(H,29,34)/t23-,39-/m1/s1. The number of rotatable bonds is 9. The van der Waals surface area contributed by atoms with E-state index < -0.39 is 15.7 Å². The Balaban J connectivity index is 1.41. The number of morpholine rings is 1. The molecule has 0 bridgehead atoms. The predicted molar refractivity (Wildman–Crippen MR) is 147 cm³/mol. The number of carbonyl (C=O) groups is 1. The van der Waals surface area contributed by atoms with Crippen LogP contribution in [0.4, 0.5) is 0 Å². The third kappa shape index (κ3) is 6.28. The number of pyridine rings is 1. The van der Waals surface area contributed by atoms with E-state index in [1.54, 1.807) is 0 Å². The highest BCUT2D eigenvalue weighted by Crippen LogP contribution is 2.41. The number of benzene rings is 1. The van der Waals surface area contributed by atoms with E-state index in [1.807, 2.05) is 49.3 Å². The Labute approximate surface area is 232 Å². The van der Waals surface area contributed by atoms with Gasteiger partial charge in [0.05, 0.1) is 24.0 Å². The van der Waals surface area contributed by atoms with Crippen LogP contribution in [0.2, 0.25) is 0 Å². The first-order valence-corrected chi connectivity index (χ1v) is 14.6. The van der Waals surface area contributed by atoms with E-state index in [0.29, 0.717) is 56.3 Å². The van der Waals surface area contributed by atoms with Gasteiger partial charge >= 0.3 is 0 Å². The molecule has 39 heavy (non-hydrogen) atoms. The zero-order chi connectivity index (χ0) is 27.6. The lowest BCUT2D eigenvalue weighted by Crippen LogP contribution is -2.38. The summed E-state index contributed by atoms with van der Waals surface area (Å²) in [5, 5.41) is 12.9. The summed E-state index contributed by atoms with van der Waals surface area (Å²) in [6.45, 7) is 10.7. The highest BCUT2D eigenvalue weighted by molar-refractivity contribution is 7.84. The van der Waals surface area contributed by atoms with Gasteiger partial charge in [-0.1, -0.05) is 6.07 Å². The Morgan fingerprint density at radius 3 is 2.69 bits per heavy atom. The zero-order valence-electron chi connectivity index (χ0n) is 22.9. The van der Waals surface area contributed by atoms with E-state index in [-0.39, 0.29) is 25.3 Å². The summed E-state index contributed by atoms with van der Waals surface area (Å²) in [6, 6.07) is 7.21. The molecule has 2 atom stereocenters. The van der Waals surface area contributed by atoms with E-state index in [0.717, 1.165) is 42.0 Å². The molecule has 1 fully saturated rings. The maximum atomic E-state index is 13.5. The van der Waals surface area contributed by atoms with Gasteiger partial charge in [-0.15, -0.1) is 0 Å². The van der Waals surface area contributed by atoms with Gasteiger partial charge in [-0.3, -0.25) is 9.69 Å². The van der Waals surface area contributed by atoms with E-state index in [4.69, 9.17) is 19.2 Å². The van der Waals surface area contributed by atoms with Crippen LogP contribution in [-0.2, 0) is 35.2 Å². The van der Waals surface area contributed by atoms with Gasteiger partial charge in [0, 0.05) is 51.4 Å². The summed E-state index contributed by atoms with van der Waals surface area (Å²) in [4.78, 5) is 20.5. The Kier molecular flexibility index (Phi) is 8.53. The number of hydrogen-bond acceptors (Lipinski definition) is 8. The van der Waals surface area contributed by atoms with Gasteiger partial charge in [0.2, 0.25) is 6.79 Å². The van der Waals surface area contributed by atoms with Gasteiger partial charge in [0.15, 0.2) is 11.5 Å². The zero-order valence-corrected chi connectivity index (χ0v) is 23.7. The average Bonchev–Trinajstić information content (AvgIpc) is 3.54. The fourth-order valence-electron chi connectivity index (χ4n) is 5.28. The first kappa shape index (κ1) is 28.0. The first-order valence-electron chi connectivity index (χ1n) is 13.5. The van der Waals surface area contributed by atoms with Crippen LogP contribution in [-0.4, -0.2) is 80.4 Å². The molecule has 0 aliphatic carbocycles. The smallest absolute Gasteiger partial charge is 0.270 e. The third-order valence-electron chi connectivity index (χ3n) is 7.26. The molecule has 0 spiro atoms. The van der Waals surface area contributed by atoms with Crippen molar-refractivity contribution in [1.82, 2.24) is 19.5 Å². The molecule has 4 heterocycles. The molecule has 0 saturated carbocycles. The van der Waals surface area contributed by atoms with Gasteiger partial charge in [-0.2, -0.15) is 0 Å². The highest BCUT2D eigenvalue weighted by atomic mass is 32.2. The Morgan fingerprint density at radius 2 is 1.95 bits per heavy atom. The topological polar surface area (TPSA) is 113 Å². The minimum absolute atomic E-state index is 0.0252. The second-order valence-electron chi connectivity index (χ2n) is 11.1. The number of aliphatic hydroxyl groups excluding tert-OH is 1. The van der Waals surface area contributed by atoms with E-state index in [9.17, 15) is 14.1 Å². The number of aromatic nitrogens is 1. The Morgan fingerprint density at radius 1 is 1.18 bits per heavy atom. The van der Waals surface area contributed by atoms with Crippen molar-refractivity contribution in [3.8, 4) is 11.5 Å². The van der Waals surface area contributed by atoms with Gasteiger partial charge in [0.25, 0.3) is 5.91 Å². The molecule has 1 saturated heterocycles. The fourth-order valence-corrected chi connectivity index (χ4v) is 6.68. The number of fused-ring (bicyclic) bond motifs is 2. The van der Waals surface area contributed by atoms with Crippen molar-refractivity contribution in [1.29, 1.82) is 0 Å². The molecule has 2 aromatic rings. The van der Waals surface area contributed by atoms with E-state index in [2.05, 4.69) is 10.2 Å². The molecule has 1 amide bonds. The lowest BCUT2D eigenvalue weighted by Gasteiger charge is -2.30. The summed E-state index contributed by atoms with van der Waals surface area (Å²) in [5.74, 6) is 1.10. The lowest BCUT2D eigenvalue weighted by atomic mass is 9.98. The molecule has 212 valence electrons. The molecule has 3 aliphatic rings. The van der Waals surface area contributed by atoms with Gasteiger partial charge in [0.1, 0.15) is 16.7 Å². The van der Waals surface area contributed by atoms with Crippen LogP contribution in [0.1, 0.15) is 66.1 Å². The summed E-state index contributed by atoms with van der Waals surface area (Å²) >= 11 is 0. The maximum Gasteiger partial charge on any atom is 0.270 e. The van der Waals surface area contributed by atoms with Crippen LogP contribution < -0.4 is 14.8 Å². The molecular weight excluding hydrogens is 520 g/mol. The lowest BCUT2D eigenvalue weighted by molar-refractivity contribution is 0.0383. The maximum absolute atomic E-state index is 13.5. The minimum atomic E-state index is -1.29. The van der Waals surface area contributed by atoms with Crippen molar-refractivity contribution in [2.24, 2.45) is 0 Å². The van der Waals surface area contributed by atoms with Crippen LogP contribution in [0, 0.1) is 0 Å². The molecule has 3 aliphatic heterocycles. The second-order valence-corrected chi connectivity index (χ2v) is 13.3. The largest absolute Gasteiger partial charge is 0.454 e. The van der Waals surface area contributed by atoms with Crippen LogP contribution in [0.3, 0.4) is 0 Å². The van der Waals surface area contributed by atoms with E-state index >= 15 is 0 Å². The molecule has 0 unspecified atom stereocenters. The molecule has 1 aromatic heterocycles. The van der Waals surface area contributed by atoms with E-state index in [1.165, 1.54) is 0 Å². The predicted octanol–water partition coefficient (Wildman–Crippen LogP) is 2.32. The summed E-state index contributed by atoms with van der Waals surface area (Å²) in [7, 11) is -1.29. The molecule has 0 radical (unpaired) electrons. The monoisotopic (exact) mass is 558 g/mol.